The molecule has 2 aromatic rings. The first-order chi connectivity index (χ1) is 11.4. The molecule has 24 heavy (non-hydrogen) atoms. The van der Waals surface area contributed by atoms with Crippen molar-refractivity contribution < 1.29 is 14.3 Å². The van der Waals surface area contributed by atoms with Crippen LogP contribution >= 0.6 is 23.2 Å². The highest BCUT2D eigenvalue weighted by Crippen LogP contribution is 2.20. The van der Waals surface area contributed by atoms with Crippen molar-refractivity contribution in [1.29, 1.82) is 0 Å². The van der Waals surface area contributed by atoms with Crippen LogP contribution in [-0.2, 0) is 9.53 Å². The van der Waals surface area contributed by atoms with E-state index >= 15 is 0 Å². The van der Waals surface area contributed by atoms with E-state index in [1.165, 1.54) is 18.3 Å². The van der Waals surface area contributed by atoms with Gasteiger partial charge >= 0.3 is 5.97 Å². The van der Waals surface area contributed by atoms with Gasteiger partial charge in [-0.15, -0.1) is 0 Å². The normalized spacial score (nSPS) is 11.7. The number of nitrogens with zero attached hydrogens (tertiary/aromatic N) is 1. The Bertz CT molecular complexity index is 765. The Morgan fingerprint density at radius 2 is 2.00 bits per heavy atom. The summed E-state index contributed by atoms with van der Waals surface area (Å²) < 4.78 is 5.26. The van der Waals surface area contributed by atoms with Crippen LogP contribution in [0.5, 0.6) is 0 Å². The molecule has 0 aliphatic carbocycles. The lowest BCUT2D eigenvalue weighted by atomic mass is 10.2. The second-order valence-corrected chi connectivity index (χ2v) is 5.92. The molecule has 0 saturated carbocycles. The van der Waals surface area contributed by atoms with E-state index in [-0.39, 0.29) is 10.7 Å². The molecule has 1 amide bonds. The highest BCUT2D eigenvalue weighted by Gasteiger charge is 2.22. The molecule has 126 valence electrons. The molecule has 1 atom stereocenters. The number of hydrogen-bond donors (Lipinski definition) is 1. The van der Waals surface area contributed by atoms with Gasteiger partial charge in [0.1, 0.15) is 5.15 Å². The summed E-state index contributed by atoms with van der Waals surface area (Å²) in [6.45, 7) is 3.61. The Hall–Kier alpha value is -2.11. The second kappa shape index (κ2) is 8.13. The Balaban J connectivity index is 2.05. The molecule has 1 aromatic heterocycles. The molecule has 0 radical (unpaired) electrons. The Kier molecular flexibility index (Phi) is 6.17. The van der Waals surface area contributed by atoms with Crippen LogP contribution in [0.25, 0.3) is 0 Å². The van der Waals surface area contributed by atoms with E-state index in [0.29, 0.717) is 17.1 Å². The van der Waals surface area contributed by atoms with Crippen molar-refractivity contribution >= 4 is 40.8 Å². The summed E-state index contributed by atoms with van der Waals surface area (Å²) in [4.78, 5) is 28.2. The average molecular weight is 367 g/mol. The van der Waals surface area contributed by atoms with E-state index in [1.54, 1.807) is 25.1 Å². The predicted octanol–water partition coefficient (Wildman–Crippen LogP) is 4.27. The third-order valence-corrected chi connectivity index (χ3v) is 3.93. The maximum Gasteiger partial charge on any atom is 0.339 e. The van der Waals surface area contributed by atoms with Gasteiger partial charge < -0.3 is 10.1 Å². The number of carbonyl (C=O) groups is 2. The Labute approximate surface area is 149 Å². The number of nitrogens with one attached hydrogen (secondary N) is 1. The number of aryl methyl sites for hydroxylation is 1. The summed E-state index contributed by atoms with van der Waals surface area (Å²) >= 11 is 11.8. The van der Waals surface area contributed by atoms with Crippen LogP contribution in [0, 0.1) is 6.92 Å². The van der Waals surface area contributed by atoms with Gasteiger partial charge in [-0.25, -0.2) is 9.78 Å². The number of ether oxygens (including phenoxy) is 1. The zero-order valence-corrected chi connectivity index (χ0v) is 14.7. The number of halogens is 2. The topological polar surface area (TPSA) is 68.3 Å². The number of anilines is 1. The summed E-state index contributed by atoms with van der Waals surface area (Å²) in [5.74, 6) is -1.06. The molecule has 0 fully saturated rings. The van der Waals surface area contributed by atoms with Gasteiger partial charge in [0.2, 0.25) is 0 Å². The summed E-state index contributed by atoms with van der Waals surface area (Å²) in [6, 6.07) is 8.03. The van der Waals surface area contributed by atoms with Crippen LogP contribution < -0.4 is 5.32 Å². The van der Waals surface area contributed by atoms with E-state index in [1.807, 2.05) is 6.92 Å². The van der Waals surface area contributed by atoms with Crippen molar-refractivity contribution in [3.05, 3.63) is 57.8 Å². The molecule has 7 heteroatoms. The number of rotatable bonds is 5. The summed E-state index contributed by atoms with van der Waals surface area (Å²) in [6.07, 6.45) is 0.800. The van der Waals surface area contributed by atoms with Crippen LogP contribution in [0.2, 0.25) is 10.2 Å². The summed E-state index contributed by atoms with van der Waals surface area (Å²) in [5.41, 5.74) is 1.68. The number of pyridine rings is 1. The average Bonchev–Trinajstić information content (AvgIpc) is 2.55. The van der Waals surface area contributed by atoms with Gasteiger partial charge in [-0.1, -0.05) is 36.2 Å². The molecule has 0 spiro atoms. The first kappa shape index (κ1) is 18.2. The van der Waals surface area contributed by atoms with Crippen LogP contribution in [0.3, 0.4) is 0 Å². The molecule has 0 saturated heterocycles. The van der Waals surface area contributed by atoms with Gasteiger partial charge in [0.25, 0.3) is 5.91 Å². The fourth-order valence-electron chi connectivity index (χ4n) is 1.94. The molecular formula is C17H16Cl2N2O3. The lowest BCUT2D eigenvalue weighted by Gasteiger charge is -2.16. The molecule has 1 aromatic carbocycles. The van der Waals surface area contributed by atoms with Crippen molar-refractivity contribution in [2.24, 2.45) is 0 Å². The van der Waals surface area contributed by atoms with Gasteiger partial charge in [-0.3, -0.25) is 4.79 Å². The number of benzene rings is 1. The lowest BCUT2D eigenvalue weighted by molar-refractivity contribution is -0.124. The quantitative estimate of drug-likeness (QED) is 0.633. The van der Waals surface area contributed by atoms with Gasteiger partial charge in [-0.05, 0) is 43.2 Å². The van der Waals surface area contributed by atoms with E-state index in [2.05, 4.69) is 10.3 Å². The first-order valence-electron chi connectivity index (χ1n) is 7.30. The fourth-order valence-corrected chi connectivity index (χ4v) is 2.30. The molecule has 1 unspecified atom stereocenters. The van der Waals surface area contributed by atoms with Crippen LogP contribution in [-0.4, -0.2) is 23.0 Å². The van der Waals surface area contributed by atoms with Gasteiger partial charge in [-0.2, -0.15) is 0 Å². The number of hydrogen-bond acceptors (Lipinski definition) is 4. The smallest absolute Gasteiger partial charge is 0.339 e. The highest BCUT2D eigenvalue weighted by molar-refractivity contribution is 6.31. The number of carbonyl (C=O) groups excluding carboxylic acids is 2. The van der Waals surface area contributed by atoms with Crippen molar-refractivity contribution in [1.82, 2.24) is 4.98 Å². The van der Waals surface area contributed by atoms with Crippen molar-refractivity contribution in [2.45, 2.75) is 26.4 Å². The molecule has 2 rings (SSSR count). The van der Waals surface area contributed by atoms with Crippen LogP contribution in [0.15, 0.2) is 36.5 Å². The van der Waals surface area contributed by atoms with Gasteiger partial charge in [0, 0.05) is 16.9 Å². The lowest BCUT2D eigenvalue weighted by Crippen LogP contribution is -2.32. The van der Waals surface area contributed by atoms with Crippen LogP contribution in [0.1, 0.15) is 29.3 Å². The summed E-state index contributed by atoms with van der Waals surface area (Å²) in [7, 11) is 0. The monoisotopic (exact) mass is 366 g/mol. The molecule has 0 aliphatic heterocycles. The molecule has 0 bridgehead atoms. The third-order valence-electron chi connectivity index (χ3n) is 3.31. The van der Waals surface area contributed by atoms with Crippen molar-refractivity contribution in [3.63, 3.8) is 0 Å². The standard InChI is InChI=1S/C17H16Cl2N2O3/c1-3-14(24-17(23)11-6-7-20-15(19)8-11)16(22)21-12-5-4-10(2)13(18)9-12/h4-9,14H,3H2,1-2H3,(H,21,22). The largest absolute Gasteiger partial charge is 0.449 e. The minimum absolute atomic E-state index is 0.177. The minimum Gasteiger partial charge on any atom is -0.449 e. The SMILES string of the molecule is CCC(OC(=O)c1ccnc(Cl)c1)C(=O)Nc1ccc(C)c(Cl)c1. The minimum atomic E-state index is -0.926. The van der Waals surface area contributed by atoms with E-state index < -0.39 is 18.0 Å². The van der Waals surface area contributed by atoms with Gasteiger partial charge in [0.05, 0.1) is 5.56 Å². The van der Waals surface area contributed by atoms with E-state index in [9.17, 15) is 9.59 Å². The molecule has 1 heterocycles. The maximum absolute atomic E-state index is 12.3. The second-order valence-electron chi connectivity index (χ2n) is 5.12. The third kappa shape index (κ3) is 4.69. The number of amides is 1. The predicted molar refractivity (Wildman–Crippen MR) is 93.6 cm³/mol. The van der Waals surface area contributed by atoms with Crippen molar-refractivity contribution in [2.75, 3.05) is 5.32 Å². The molecule has 0 aliphatic rings. The number of esters is 1. The Morgan fingerprint density at radius 1 is 1.25 bits per heavy atom. The zero-order chi connectivity index (χ0) is 17.7. The van der Waals surface area contributed by atoms with Crippen molar-refractivity contribution in [3.8, 4) is 0 Å². The number of aromatic nitrogens is 1. The molecular weight excluding hydrogens is 351 g/mol. The van der Waals surface area contributed by atoms with E-state index in [0.717, 1.165) is 5.56 Å². The molecule has 1 N–H and O–H groups in total. The zero-order valence-electron chi connectivity index (χ0n) is 13.2. The molecule has 5 nitrogen and oxygen atoms in total. The van der Waals surface area contributed by atoms with Gasteiger partial charge in [0.15, 0.2) is 6.10 Å². The first-order valence-corrected chi connectivity index (χ1v) is 8.06. The fraction of sp³-hybridized carbons (Fsp3) is 0.235. The van der Waals surface area contributed by atoms with Crippen LogP contribution in [0.4, 0.5) is 5.69 Å². The Morgan fingerprint density at radius 3 is 2.62 bits per heavy atom. The maximum atomic E-state index is 12.3. The highest BCUT2D eigenvalue weighted by atomic mass is 35.5. The summed E-state index contributed by atoms with van der Waals surface area (Å²) in [5, 5.41) is 3.41. The van der Waals surface area contributed by atoms with E-state index in [4.69, 9.17) is 27.9 Å².